The second kappa shape index (κ2) is 7.06. The minimum Gasteiger partial charge on any atom is -0.381 e. The summed E-state index contributed by atoms with van der Waals surface area (Å²) in [6.45, 7) is 1.61. The van der Waals surface area contributed by atoms with Crippen LogP contribution in [0.3, 0.4) is 0 Å². The summed E-state index contributed by atoms with van der Waals surface area (Å²) in [4.78, 5) is 7.29. The van der Waals surface area contributed by atoms with Crippen LogP contribution >= 0.6 is 11.6 Å². The van der Waals surface area contributed by atoms with Gasteiger partial charge in [-0.3, -0.25) is 0 Å². The summed E-state index contributed by atoms with van der Waals surface area (Å²) in [7, 11) is 4.30. The van der Waals surface area contributed by atoms with Gasteiger partial charge in [0.15, 0.2) is 5.82 Å². The highest BCUT2D eigenvalue weighted by atomic mass is 35.5. The molecule has 134 valence electrons. The molecule has 0 unspecified atom stereocenters. The van der Waals surface area contributed by atoms with Crippen LogP contribution < -0.4 is 0 Å². The zero-order valence-corrected chi connectivity index (χ0v) is 15.6. The molecule has 0 N–H and O–H groups in total. The van der Waals surface area contributed by atoms with Gasteiger partial charge >= 0.3 is 0 Å². The Kier molecular flexibility index (Phi) is 4.80. The van der Waals surface area contributed by atoms with Crippen LogP contribution in [0.1, 0.15) is 49.2 Å². The van der Waals surface area contributed by atoms with Crippen LogP contribution in [0.2, 0.25) is 5.02 Å². The molecule has 6 heteroatoms. The number of hydrogen-bond acceptors (Lipinski definition) is 4. The smallest absolute Gasteiger partial charge is 0.154 e. The lowest BCUT2D eigenvalue weighted by Crippen LogP contribution is -2.40. The Balaban J connectivity index is 1.66. The number of benzene rings is 1. The van der Waals surface area contributed by atoms with Gasteiger partial charge in [0, 0.05) is 36.1 Å². The topological polar surface area (TPSA) is 43.2 Å². The molecule has 1 saturated heterocycles. The number of halogens is 1. The largest absolute Gasteiger partial charge is 0.381 e. The Morgan fingerprint density at radius 2 is 1.92 bits per heavy atom. The summed E-state index contributed by atoms with van der Waals surface area (Å²) in [6.07, 6.45) is 4.28. The van der Waals surface area contributed by atoms with Crippen LogP contribution in [-0.4, -0.2) is 53.0 Å². The minimum atomic E-state index is 0.401. The third-order valence-electron chi connectivity index (χ3n) is 5.50. The van der Waals surface area contributed by atoms with Crippen molar-refractivity contribution in [3.8, 4) is 5.69 Å². The Bertz CT molecular complexity index is 733. The highest BCUT2D eigenvalue weighted by molar-refractivity contribution is 6.30. The molecule has 2 aromatic rings. The quantitative estimate of drug-likeness (QED) is 0.835. The van der Waals surface area contributed by atoms with E-state index in [0.717, 1.165) is 61.3 Å². The van der Waals surface area contributed by atoms with E-state index in [9.17, 15) is 0 Å². The van der Waals surface area contributed by atoms with Gasteiger partial charge in [-0.15, -0.1) is 0 Å². The highest BCUT2D eigenvalue weighted by Crippen LogP contribution is 2.40. The summed E-state index contributed by atoms with van der Waals surface area (Å²) >= 11 is 6.21. The monoisotopic (exact) mass is 360 g/mol. The standard InChI is InChI=1S/C19H25ClN4O/c1-23(2)17-10-14(11-17)19-21-18(13-6-8-25-9-7-13)22-24(19)16-5-3-4-15(20)12-16/h3-5,12-14,17H,6-11H2,1-2H3. The summed E-state index contributed by atoms with van der Waals surface area (Å²) in [5, 5.41) is 5.62. The molecule has 2 fully saturated rings. The molecule has 0 amide bonds. The summed E-state index contributed by atoms with van der Waals surface area (Å²) < 4.78 is 7.51. The Morgan fingerprint density at radius 3 is 2.60 bits per heavy atom. The Morgan fingerprint density at radius 1 is 1.16 bits per heavy atom. The fraction of sp³-hybridized carbons (Fsp3) is 0.579. The van der Waals surface area contributed by atoms with Gasteiger partial charge < -0.3 is 9.64 Å². The van der Waals surface area contributed by atoms with Crippen molar-refractivity contribution in [3.05, 3.63) is 40.9 Å². The number of ether oxygens (including phenoxy) is 1. The molecule has 1 aliphatic heterocycles. The van der Waals surface area contributed by atoms with E-state index in [1.807, 2.05) is 22.9 Å². The maximum absolute atomic E-state index is 6.21. The van der Waals surface area contributed by atoms with Crippen molar-refractivity contribution in [3.63, 3.8) is 0 Å². The number of hydrogen-bond donors (Lipinski definition) is 0. The first-order valence-electron chi connectivity index (χ1n) is 9.09. The van der Waals surface area contributed by atoms with Crippen LogP contribution in [0, 0.1) is 0 Å². The van der Waals surface area contributed by atoms with Crippen molar-refractivity contribution in [2.45, 2.75) is 43.6 Å². The maximum atomic E-state index is 6.21. The summed E-state index contributed by atoms with van der Waals surface area (Å²) in [6, 6.07) is 8.53. The fourth-order valence-corrected chi connectivity index (χ4v) is 3.94. The molecular formula is C19H25ClN4O. The average Bonchev–Trinajstić information content (AvgIpc) is 2.99. The lowest BCUT2D eigenvalue weighted by molar-refractivity contribution is 0.0835. The van der Waals surface area contributed by atoms with Crippen molar-refractivity contribution in [2.75, 3.05) is 27.3 Å². The summed E-state index contributed by atoms with van der Waals surface area (Å²) in [5.41, 5.74) is 1.00. The highest BCUT2D eigenvalue weighted by Gasteiger charge is 2.36. The molecule has 25 heavy (non-hydrogen) atoms. The predicted molar refractivity (Wildman–Crippen MR) is 98.6 cm³/mol. The molecule has 1 aromatic heterocycles. The second-order valence-electron chi connectivity index (χ2n) is 7.39. The molecule has 5 nitrogen and oxygen atoms in total. The Labute approximate surface area is 153 Å². The van der Waals surface area contributed by atoms with Gasteiger partial charge in [-0.1, -0.05) is 17.7 Å². The van der Waals surface area contributed by atoms with Gasteiger partial charge in [0.2, 0.25) is 0 Å². The first kappa shape index (κ1) is 17.0. The van der Waals surface area contributed by atoms with E-state index in [-0.39, 0.29) is 0 Å². The van der Waals surface area contributed by atoms with Crippen molar-refractivity contribution in [1.82, 2.24) is 19.7 Å². The lowest BCUT2D eigenvalue weighted by Gasteiger charge is -2.39. The van der Waals surface area contributed by atoms with E-state index in [2.05, 4.69) is 25.1 Å². The van der Waals surface area contributed by atoms with Crippen molar-refractivity contribution in [2.24, 2.45) is 0 Å². The Hall–Kier alpha value is -1.43. The van der Waals surface area contributed by atoms with E-state index in [1.165, 1.54) is 0 Å². The van der Waals surface area contributed by atoms with Gasteiger partial charge in [0.05, 0.1) is 5.69 Å². The van der Waals surface area contributed by atoms with Gasteiger partial charge in [0.25, 0.3) is 0 Å². The predicted octanol–water partition coefficient (Wildman–Crippen LogP) is 3.62. The van der Waals surface area contributed by atoms with Crippen molar-refractivity contribution < 1.29 is 4.74 Å². The van der Waals surface area contributed by atoms with Gasteiger partial charge in [-0.25, -0.2) is 9.67 Å². The summed E-state index contributed by atoms with van der Waals surface area (Å²) in [5.74, 6) is 2.92. The molecule has 0 radical (unpaired) electrons. The SMILES string of the molecule is CN(C)C1CC(c2nc(C3CCOCC3)nn2-c2cccc(Cl)c2)C1. The van der Waals surface area contributed by atoms with Crippen molar-refractivity contribution in [1.29, 1.82) is 0 Å². The molecule has 0 spiro atoms. The third-order valence-corrected chi connectivity index (χ3v) is 5.73. The number of rotatable bonds is 4. The van der Waals surface area contributed by atoms with Crippen LogP contribution in [0.25, 0.3) is 5.69 Å². The normalized spacial score (nSPS) is 24.5. The van der Waals surface area contributed by atoms with E-state index in [0.29, 0.717) is 17.9 Å². The molecule has 1 aliphatic carbocycles. The van der Waals surface area contributed by atoms with Crippen LogP contribution in [-0.2, 0) is 4.74 Å². The fourth-order valence-electron chi connectivity index (χ4n) is 3.75. The van der Waals surface area contributed by atoms with Crippen LogP contribution in [0.5, 0.6) is 0 Å². The second-order valence-corrected chi connectivity index (χ2v) is 7.83. The molecule has 2 aliphatic rings. The van der Waals surface area contributed by atoms with E-state index >= 15 is 0 Å². The van der Waals surface area contributed by atoms with E-state index in [4.69, 9.17) is 26.4 Å². The molecule has 1 saturated carbocycles. The first-order chi connectivity index (χ1) is 12.1. The van der Waals surface area contributed by atoms with Crippen molar-refractivity contribution >= 4 is 11.6 Å². The third kappa shape index (κ3) is 3.46. The van der Waals surface area contributed by atoms with Crippen LogP contribution in [0.4, 0.5) is 0 Å². The molecular weight excluding hydrogens is 336 g/mol. The first-order valence-corrected chi connectivity index (χ1v) is 9.46. The average molecular weight is 361 g/mol. The van der Waals surface area contributed by atoms with E-state index < -0.39 is 0 Å². The molecule has 2 heterocycles. The number of nitrogens with zero attached hydrogens (tertiary/aromatic N) is 4. The maximum Gasteiger partial charge on any atom is 0.154 e. The molecule has 1 aromatic carbocycles. The zero-order valence-electron chi connectivity index (χ0n) is 14.9. The van der Waals surface area contributed by atoms with Gasteiger partial charge in [-0.05, 0) is 58.0 Å². The van der Waals surface area contributed by atoms with Gasteiger partial charge in [0.1, 0.15) is 5.82 Å². The minimum absolute atomic E-state index is 0.401. The zero-order chi connectivity index (χ0) is 17.4. The van der Waals surface area contributed by atoms with Crippen LogP contribution in [0.15, 0.2) is 24.3 Å². The molecule has 0 bridgehead atoms. The van der Waals surface area contributed by atoms with E-state index in [1.54, 1.807) is 0 Å². The van der Waals surface area contributed by atoms with Gasteiger partial charge in [-0.2, -0.15) is 5.10 Å². The molecule has 0 atom stereocenters. The molecule has 4 rings (SSSR count). The number of aromatic nitrogens is 3. The lowest BCUT2D eigenvalue weighted by atomic mass is 9.79.